The van der Waals surface area contributed by atoms with Crippen LogP contribution in [-0.4, -0.2) is 49.5 Å². The molecule has 1 heterocycles. The summed E-state index contributed by atoms with van der Waals surface area (Å²) in [5.41, 5.74) is -0.198. The van der Waals surface area contributed by atoms with Gasteiger partial charge in [0.05, 0.1) is 0 Å². The number of rotatable bonds is 12. The molecule has 1 aromatic rings. The molecule has 2 rings (SSSR count). The summed E-state index contributed by atoms with van der Waals surface area (Å²) in [6, 6.07) is 10.1. The van der Waals surface area contributed by atoms with E-state index in [9.17, 15) is 4.79 Å². The van der Waals surface area contributed by atoms with E-state index in [1.807, 2.05) is 18.2 Å². The van der Waals surface area contributed by atoms with Crippen LogP contribution in [0.15, 0.2) is 35.2 Å². The van der Waals surface area contributed by atoms with Gasteiger partial charge in [0.1, 0.15) is 30.4 Å². The van der Waals surface area contributed by atoms with Crippen molar-refractivity contribution in [2.45, 2.75) is 75.1 Å². The van der Waals surface area contributed by atoms with Crippen LogP contribution in [0.25, 0.3) is 0 Å². The second-order valence-electron chi connectivity index (χ2n) is 6.65. The Morgan fingerprint density at radius 3 is 2.26 bits per heavy atom. The van der Waals surface area contributed by atoms with Crippen LogP contribution in [0, 0.1) is 0 Å². The molecule has 0 bridgehead atoms. The van der Waals surface area contributed by atoms with Gasteiger partial charge in [-0.1, -0.05) is 56.7 Å². The molecule has 152 valence electrons. The summed E-state index contributed by atoms with van der Waals surface area (Å²) >= 11 is 1.63. The maximum Gasteiger partial charge on any atom is 0.302 e. The van der Waals surface area contributed by atoms with Gasteiger partial charge in [-0.25, -0.2) is 0 Å². The number of carbonyl (C=O) groups excluding carboxylic acids is 1. The zero-order chi connectivity index (χ0) is 19.5. The van der Waals surface area contributed by atoms with Gasteiger partial charge < -0.3 is 18.9 Å². The van der Waals surface area contributed by atoms with E-state index < -0.39 is 0 Å². The molecule has 0 N–H and O–H groups in total. The third kappa shape index (κ3) is 7.45. The van der Waals surface area contributed by atoms with E-state index in [1.165, 1.54) is 6.92 Å². The van der Waals surface area contributed by atoms with Gasteiger partial charge >= 0.3 is 5.97 Å². The maximum absolute atomic E-state index is 11.3. The molecule has 1 unspecified atom stereocenters. The highest BCUT2D eigenvalue weighted by Crippen LogP contribution is 2.37. The first-order valence-electron chi connectivity index (χ1n) is 9.89. The number of esters is 1. The first-order chi connectivity index (χ1) is 13.2. The van der Waals surface area contributed by atoms with Gasteiger partial charge in [0, 0.05) is 25.0 Å². The summed E-state index contributed by atoms with van der Waals surface area (Å²) in [5.74, 6) is -0.312. The van der Waals surface area contributed by atoms with Crippen molar-refractivity contribution in [2.75, 3.05) is 19.8 Å². The topological polar surface area (TPSA) is 54.0 Å². The minimum atomic E-state index is -0.321. The molecule has 0 amide bonds. The Bertz CT molecular complexity index is 539. The smallest absolute Gasteiger partial charge is 0.302 e. The van der Waals surface area contributed by atoms with E-state index in [1.54, 1.807) is 11.8 Å². The van der Waals surface area contributed by atoms with Gasteiger partial charge in [0.25, 0.3) is 0 Å². The molecule has 0 radical (unpaired) electrons. The van der Waals surface area contributed by atoms with Crippen LogP contribution in [0.1, 0.15) is 46.5 Å². The maximum atomic E-state index is 11.3. The lowest BCUT2D eigenvalue weighted by molar-refractivity contribution is -0.147. The fraction of sp³-hybridized carbons (Fsp3) is 0.667. The second kappa shape index (κ2) is 12.4. The molecule has 0 saturated carbocycles. The third-order valence-corrected chi connectivity index (χ3v) is 5.49. The van der Waals surface area contributed by atoms with Crippen LogP contribution in [0.2, 0.25) is 0 Å². The lowest BCUT2D eigenvalue weighted by atomic mass is 10.1. The average Bonchev–Trinajstić information content (AvgIpc) is 2.98. The number of unbranched alkanes of at least 4 members (excludes halogenated alkanes) is 2. The van der Waals surface area contributed by atoms with Crippen LogP contribution < -0.4 is 0 Å². The van der Waals surface area contributed by atoms with E-state index in [0.29, 0.717) is 13.2 Å². The first kappa shape index (κ1) is 22.2. The highest BCUT2D eigenvalue weighted by atomic mass is 32.2. The normalized spacial score (nSPS) is 24.9. The SMILES string of the molecule is CCCCOC1[C@H](COC(C)=O)O[C@@H](Sc2ccccc2)[C@H]1OCCCC. The zero-order valence-electron chi connectivity index (χ0n) is 16.6. The minimum Gasteiger partial charge on any atom is -0.463 e. The van der Waals surface area contributed by atoms with Crippen molar-refractivity contribution < 1.29 is 23.7 Å². The summed E-state index contributed by atoms with van der Waals surface area (Å²) in [6.07, 6.45) is 3.35. The van der Waals surface area contributed by atoms with Gasteiger partial charge in [-0.2, -0.15) is 0 Å². The summed E-state index contributed by atoms with van der Waals surface area (Å²) in [4.78, 5) is 12.4. The highest BCUT2D eigenvalue weighted by Gasteiger charge is 2.47. The summed E-state index contributed by atoms with van der Waals surface area (Å²) in [7, 11) is 0. The van der Waals surface area contributed by atoms with Gasteiger partial charge in [-0.3, -0.25) is 4.79 Å². The molecular weight excluding hydrogens is 364 g/mol. The van der Waals surface area contributed by atoms with E-state index >= 15 is 0 Å². The number of benzene rings is 1. The van der Waals surface area contributed by atoms with Gasteiger partial charge in [0.15, 0.2) is 0 Å². The molecule has 1 aromatic carbocycles. The molecule has 6 heteroatoms. The summed E-state index contributed by atoms with van der Waals surface area (Å²) in [6.45, 7) is 7.19. The lowest BCUT2D eigenvalue weighted by Crippen LogP contribution is -2.39. The molecule has 0 aromatic heterocycles. The zero-order valence-corrected chi connectivity index (χ0v) is 17.4. The van der Waals surface area contributed by atoms with E-state index in [-0.39, 0.29) is 36.3 Å². The lowest BCUT2D eigenvalue weighted by Gasteiger charge is -2.24. The van der Waals surface area contributed by atoms with Crippen molar-refractivity contribution in [1.82, 2.24) is 0 Å². The van der Waals surface area contributed by atoms with Gasteiger partial charge in [-0.05, 0) is 25.0 Å². The van der Waals surface area contributed by atoms with E-state index in [0.717, 1.165) is 30.6 Å². The second-order valence-corrected chi connectivity index (χ2v) is 7.83. The van der Waals surface area contributed by atoms with Crippen molar-refractivity contribution >= 4 is 17.7 Å². The fourth-order valence-electron chi connectivity index (χ4n) is 2.86. The van der Waals surface area contributed by atoms with E-state index in [4.69, 9.17) is 18.9 Å². The van der Waals surface area contributed by atoms with Crippen LogP contribution in [0.5, 0.6) is 0 Å². The minimum absolute atomic E-state index is 0.186. The predicted octanol–water partition coefficient (Wildman–Crippen LogP) is 4.44. The Hall–Kier alpha value is -1.08. The van der Waals surface area contributed by atoms with Crippen molar-refractivity contribution in [2.24, 2.45) is 0 Å². The monoisotopic (exact) mass is 396 g/mol. The highest BCUT2D eigenvalue weighted by molar-refractivity contribution is 7.99. The van der Waals surface area contributed by atoms with Crippen LogP contribution >= 0.6 is 11.8 Å². The van der Waals surface area contributed by atoms with Crippen molar-refractivity contribution in [3.63, 3.8) is 0 Å². The molecule has 0 aliphatic carbocycles. The van der Waals surface area contributed by atoms with E-state index in [2.05, 4.69) is 26.0 Å². The van der Waals surface area contributed by atoms with Gasteiger partial charge in [0.2, 0.25) is 0 Å². The van der Waals surface area contributed by atoms with Crippen molar-refractivity contribution in [3.8, 4) is 0 Å². The summed E-state index contributed by atoms with van der Waals surface area (Å²) < 4.78 is 23.8. The Kier molecular flexibility index (Phi) is 10.2. The fourth-order valence-corrected chi connectivity index (χ4v) is 4.01. The van der Waals surface area contributed by atoms with Crippen LogP contribution in [0.4, 0.5) is 0 Å². The first-order valence-corrected chi connectivity index (χ1v) is 10.8. The third-order valence-electron chi connectivity index (χ3n) is 4.33. The van der Waals surface area contributed by atoms with Gasteiger partial charge in [-0.15, -0.1) is 0 Å². The number of carbonyl (C=O) groups is 1. The Balaban J connectivity index is 2.11. The van der Waals surface area contributed by atoms with Crippen molar-refractivity contribution in [3.05, 3.63) is 30.3 Å². The molecule has 1 saturated heterocycles. The average molecular weight is 397 g/mol. The van der Waals surface area contributed by atoms with Crippen molar-refractivity contribution in [1.29, 1.82) is 0 Å². The van der Waals surface area contributed by atoms with Crippen LogP contribution in [0.3, 0.4) is 0 Å². The largest absolute Gasteiger partial charge is 0.463 e. The molecule has 4 atom stereocenters. The molecule has 0 spiro atoms. The standard InChI is InChI=1S/C21H32O5S/c1-4-6-13-23-19-18(15-25-16(3)22)26-21(20(19)24-14-7-5-2)27-17-11-9-8-10-12-17/h8-12,18-21H,4-7,13-15H2,1-3H3/t18-,19?,20-,21-/m0/s1. The quantitative estimate of drug-likeness (QED) is 0.385. The Morgan fingerprint density at radius 1 is 1.04 bits per heavy atom. The molecule has 1 fully saturated rings. The number of hydrogen-bond acceptors (Lipinski definition) is 6. The number of thioether (sulfide) groups is 1. The molecule has 5 nitrogen and oxygen atoms in total. The number of hydrogen-bond donors (Lipinski definition) is 0. The number of ether oxygens (including phenoxy) is 4. The molecular formula is C21H32O5S. The molecule has 27 heavy (non-hydrogen) atoms. The Labute approximate surface area is 167 Å². The molecule has 1 aliphatic rings. The van der Waals surface area contributed by atoms with Crippen LogP contribution in [-0.2, 0) is 23.7 Å². The Morgan fingerprint density at radius 2 is 1.67 bits per heavy atom. The molecule has 1 aliphatic heterocycles. The predicted molar refractivity (Wildman–Crippen MR) is 107 cm³/mol. The summed E-state index contributed by atoms with van der Waals surface area (Å²) in [5, 5.41) is 0.